The number of aromatic amines is 2. The van der Waals surface area contributed by atoms with Crippen LogP contribution in [-0.4, -0.2) is 9.97 Å². The minimum absolute atomic E-state index is 0.292. The van der Waals surface area contributed by atoms with Gasteiger partial charge in [0.1, 0.15) is 0 Å². The number of hydrogen-bond donors (Lipinski definition) is 2. The summed E-state index contributed by atoms with van der Waals surface area (Å²) in [5.74, 6) is 0. The second-order valence-corrected chi connectivity index (χ2v) is 6.45. The Morgan fingerprint density at radius 2 is 1.00 bits per heavy atom. The lowest BCUT2D eigenvalue weighted by atomic mass is 10.0. The summed E-state index contributed by atoms with van der Waals surface area (Å²) in [7, 11) is 0. The summed E-state index contributed by atoms with van der Waals surface area (Å²) in [4.78, 5) is 31.7. The zero-order chi connectivity index (χ0) is 18.3. The maximum atomic E-state index is 12.8. The van der Waals surface area contributed by atoms with Crippen LogP contribution in [0.25, 0.3) is 32.6 Å². The largest absolute Gasteiger partial charge is 0.321 e. The first-order valence-corrected chi connectivity index (χ1v) is 8.47. The average molecular weight is 342 g/mol. The number of hydrogen-bond acceptors (Lipinski definition) is 2. The first kappa shape index (κ1) is 16.1. The molecule has 0 aliphatic heterocycles. The van der Waals surface area contributed by atoms with Gasteiger partial charge in [0, 0.05) is 21.8 Å². The molecule has 128 valence electrons. The molecule has 4 rings (SSSR count). The van der Waals surface area contributed by atoms with Crippen molar-refractivity contribution in [1.29, 1.82) is 0 Å². The number of aryl methyl sites for hydroxylation is 2. The molecule has 0 bridgehead atoms. The summed E-state index contributed by atoms with van der Waals surface area (Å²) in [6, 6.07) is 18.5. The molecule has 1 heterocycles. The van der Waals surface area contributed by atoms with Gasteiger partial charge in [-0.05, 0) is 49.2 Å². The Labute approximate surface area is 149 Å². The summed E-state index contributed by atoms with van der Waals surface area (Å²) < 4.78 is 0. The Balaban J connectivity index is 2.48. The van der Waals surface area contributed by atoms with Crippen molar-refractivity contribution in [3.63, 3.8) is 0 Å². The SMILES string of the molecule is Cc1cccc2[nH]c(=O)c3ccccc3c(=O)[nH]c3cccc(C)c3c12. The van der Waals surface area contributed by atoms with Crippen LogP contribution in [0.4, 0.5) is 0 Å². The summed E-state index contributed by atoms with van der Waals surface area (Å²) in [6.45, 7) is 4.01. The van der Waals surface area contributed by atoms with Gasteiger partial charge in [0.15, 0.2) is 0 Å². The molecule has 0 aliphatic rings. The van der Waals surface area contributed by atoms with Crippen LogP contribution < -0.4 is 11.1 Å². The molecule has 3 aromatic carbocycles. The summed E-state index contributed by atoms with van der Waals surface area (Å²) in [5.41, 5.74) is 2.94. The van der Waals surface area contributed by atoms with E-state index >= 15 is 0 Å². The van der Waals surface area contributed by atoms with Gasteiger partial charge in [0.05, 0.1) is 10.8 Å². The van der Waals surface area contributed by atoms with E-state index < -0.39 is 0 Å². The van der Waals surface area contributed by atoms with E-state index in [9.17, 15) is 9.59 Å². The molecule has 0 fully saturated rings. The quantitative estimate of drug-likeness (QED) is 0.501. The lowest BCUT2D eigenvalue weighted by Crippen LogP contribution is -2.10. The lowest BCUT2D eigenvalue weighted by molar-refractivity contribution is 1.31. The van der Waals surface area contributed by atoms with Crippen molar-refractivity contribution >= 4 is 32.6 Å². The highest BCUT2D eigenvalue weighted by Crippen LogP contribution is 2.25. The molecule has 4 nitrogen and oxygen atoms in total. The molecule has 0 spiro atoms. The van der Waals surface area contributed by atoms with Crippen LogP contribution in [0.15, 0.2) is 70.3 Å². The number of nitrogens with one attached hydrogen (secondary N) is 2. The molecule has 0 amide bonds. The van der Waals surface area contributed by atoms with Gasteiger partial charge in [0.25, 0.3) is 11.1 Å². The van der Waals surface area contributed by atoms with Gasteiger partial charge >= 0.3 is 0 Å². The fourth-order valence-electron chi connectivity index (χ4n) is 3.47. The Bertz CT molecular complexity index is 1240. The number of benzene rings is 3. The summed E-state index contributed by atoms with van der Waals surface area (Å²) in [6.07, 6.45) is 0. The van der Waals surface area contributed by atoms with Crippen LogP contribution in [0.1, 0.15) is 11.1 Å². The van der Waals surface area contributed by atoms with Crippen molar-refractivity contribution in [2.24, 2.45) is 0 Å². The van der Waals surface area contributed by atoms with E-state index in [4.69, 9.17) is 0 Å². The van der Waals surface area contributed by atoms with E-state index in [1.165, 1.54) is 0 Å². The smallest absolute Gasteiger partial charge is 0.256 e. The monoisotopic (exact) mass is 342 g/mol. The minimum Gasteiger partial charge on any atom is -0.321 e. The molecular weight excluding hydrogens is 324 g/mol. The fourth-order valence-corrected chi connectivity index (χ4v) is 3.47. The molecule has 0 radical (unpaired) electrons. The van der Waals surface area contributed by atoms with Gasteiger partial charge in [0.2, 0.25) is 0 Å². The normalized spacial score (nSPS) is 11.0. The van der Waals surface area contributed by atoms with Crippen LogP contribution in [0, 0.1) is 13.8 Å². The molecule has 0 unspecified atom stereocenters. The second kappa shape index (κ2) is 6.15. The summed E-state index contributed by atoms with van der Waals surface area (Å²) >= 11 is 0. The van der Waals surface area contributed by atoms with Gasteiger partial charge in [-0.2, -0.15) is 0 Å². The van der Waals surface area contributed by atoms with Crippen LogP contribution >= 0.6 is 0 Å². The minimum atomic E-state index is -0.292. The molecular formula is C22H18N2O2. The van der Waals surface area contributed by atoms with Gasteiger partial charge in [-0.25, -0.2) is 0 Å². The number of aromatic nitrogens is 2. The zero-order valence-corrected chi connectivity index (χ0v) is 14.6. The molecule has 0 saturated heterocycles. The van der Waals surface area contributed by atoms with Gasteiger partial charge in [-0.1, -0.05) is 36.4 Å². The first-order valence-electron chi connectivity index (χ1n) is 8.47. The van der Waals surface area contributed by atoms with Crippen LogP contribution in [0.3, 0.4) is 0 Å². The number of H-pyrrole nitrogens is 2. The van der Waals surface area contributed by atoms with Gasteiger partial charge < -0.3 is 9.97 Å². The van der Waals surface area contributed by atoms with Crippen LogP contribution in [0.2, 0.25) is 0 Å². The first-order chi connectivity index (χ1) is 12.6. The lowest BCUT2D eigenvalue weighted by Gasteiger charge is -2.07. The zero-order valence-electron chi connectivity index (χ0n) is 14.6. The van der Waals surface area contributed by atoms with Crippen molar-refractivity contribution in [2.75, 3.05) is 0 Å². The third kappa shape index (κ3) is 2.56. The van der Waals surface area contributed by atoms with Crippen molar-refractivity contribution in [3.05, 3.63) is 92.5 Å². The highest BCUT2D eigenvalue weighted by Gasteiger charge is 2.06. The van der Waals surface area contributed by atoms with E-state index in [0.717, 1.165) is 32.9 Å². The third-order valence-electron chi connectivity index (χ3n) is 4.71. The molecule has 2 N–H and O–H groups in total. The Morgan fingerprint density at radius 1 is 0.577 bits per heavy atom. The van der Waals surface area contributed by atoms with Crippen molar-refractivity contribution in [1.82, 2.24) is 9.97 Å². The Kier molecular flexibility index (Phi) is 3.81. The second-order valence-electron chi connectivity index (χ2n) is 6.45. The summed E-state index contributed by atoms with van der Waals surface area (Å²) in [5, 5.41) is 2.56. The Hall–Kier alpha value is -3.40. The van der Waals surface area contributed by atoms with E-state index in [2.05, 4.69) is 9.97 Å². The van der Waals surface area contributed by atoms with Gasteiger partial charge in [-0.3, -0.25) is 9.59 Å². The highest BCUT2D eigenvalue weighted by atomic mass is 16.1. The maximum Gasteiger partial charge on any atom is 0.256 e. The predicted molar refractivity (Wildman–Crippen MR) is 107 cm³/mol. The maximum absolute atomic E-state index is 12.8. The predicted octanol–water partition coefficient (Wildman–Crippen LogP) is 4.26. The van der Waals surface area contributed by atoms with Crippen LogP contribution in [-0.2, 0) is 0 Å². The number of rotatable bonds is 0. The molecule has 0 atom stereocenters. The van der Waals surface area contributed by atoms with Gasteiger partial charge in [-0.15, -0.1) is 0 Å². The van der Waals surface area contributed by atoms with E-state index in [-0.39, 0.29) is 11.1 Å². The van der Waals surface area contributed by atoms with Crippen molar-refractivity contribution in [3.8, 4) is 0 Å². The van der Waals surface area contributed by atoms with Crippen LogP contribution in [0.5, 0.6) is 0 Å². The third-order valence-corrected chi connectivity index (χ3v) is 4.71. The Morgan fingerprint density at radius 3 is 1.42 bits per heavy atom. The van der Waals surface area contributed by atoms with E-state index in [1.54, 1.807) is 24.3 Å². The molecule has 0 aliphatic carbocycles. The molecule has 26 heavy (non-hydrogen) atoms. The van der Waals surface area contributed by atoms with Crippen molar-refractivity contribution < 1.29 is 0 Å². The average Bonchev–Trinajstić information content (AvgIpc) is 2.63. The highest BCUT2D eigenvalue weighted by molar-refractivity contribution is 6.06. The molecule has 0 saturated carbocycles. The van der Waals surface area contributed by atoms with E-state index in [0.29, 0.717) is 10.8 Å². The molecule has 4 aromatic rings. The topological polar surface area (TPSA) is 65.7 Å². The fraction of sp³-hybridized carbons (Fsp3) is 0.0909. The molecule has 4 heteroatoms. The van der Waals surface area contributed by atoms with E-state index in [1.807, 2.05) is 50.2 Å². The number of fused-ring (bicyclic) bond motifs is 4. The van der Waals surface area contributed by atoms with Crippen molar-refractivity contribution in [2.45, 2.75) is 13.8 Å². The molecule has 1 aromatic heterocycles. The standard InChI is InChI=1S/C22H18N2O2/c1-13-7-5-11-17-19(13)20-14(2)8-6-12-18(20)24-22(26)16-10-4-3-9-15(16)21(25)23-17/h3-12H,1-2H3,(H,23,25)(H,24,26).